The molecule has 112 valence electrons. The Labute approximate surface area is 120 Å². The van der Waals surface area contributed by atoms with Crippen LogP contribution in [0.5, 0.6) is 0 Å². The number of hydrogen-bond donors (Lipinski definition) is 1. The van der Waals surface area contributed by atoms with Crippen molar-refractivity contribution < 1.29 is 17.6 Å². The Kier molecular flexibility index (Phi) is 4.96. The number of nitrogens with one attached hydrogen (secondary N) is 1. The first-order valence-corrected chi connectivity index (χ1v) is 6.67. The lowest BCUT2D eigenvalue weighted by Gasteiger charge is -2.09. The van der Waals surface area contributed by atoms with Crippen LogP contribution < -0.4 is 5.32 Å². The van der Waals surface area contributed by atoms with Gasteiger partial charge in [0.25, 0.3) is 0 Å². The molecule has 0 saturated heterocycles. The van der Waals surface area contributed by atoms with Gasteiger partial charge in [0.05, 0.1) is 0 Å². The molecule has 0 saturated carbocycles. The maximum atomic E-state index is 13.9. The van der Waals surface area contributed by atoms with E-state index in [4.69, 9.17) is 0 Å². The quantitative estimate of drug-likeness (QED) is 0.490. The largest absolute Gasteiger partial charge is 0.313 e. The normalized spacial score (nSPS) is 10.9. The lowest BCUT2D eigenvalue weighted by Crippen LogP contribution is -2.14. The Bertz CT molecular complexity index is 640. The highest BCUT2D eigenvalue weighted by Crippen LogP contribution is 2.27. The summed E-state index contributed by atoms with van der Waals surface area (Å²) in [7, 11) is 0. The van der Waals surface area contributed by atoms with E-state index < -0.39 is 23.3 Å². The SMILES string of the molecule is CCCNCc1ccc(-c2ccc(F)c(F)c2F)cc1F. The van der Waals surface area contributed by atoms with Crippen molar-refractivity contribution in [2.45, 2.75) is 19.9 Å². The molecule has 0 fully saturated rings. The highest BCUT2D eigenvalue weighted by atomic mass is 19.2. The van der Waals surface area contributed by atoms with Crippen molar-refractivity contribution in [3.8, 4) is 11.1 Å². The summed E-state index contributed by atoms with van der Waals surface area (Å²) in [6, 6.07) is 6.04. The third-order valence-electron chi connectivity index (χ3n) is 3.14. The average molecular weight is 297 g/mol. The second kappa shape index (κ2) is 6.72. The van der Waals surface area contributed by atoms with E-state index >= 15 is 0 Å². The molecule has 0 aliphatic heterocycles. The van der Waals surface area contributed by atoms with Gasteiger partial charge >= 0.3 is 0 Å². The molecule has 0 atom stereocenters. The van der Waals surface area contributed by atoms with Gasteiger partial charge in [-0.15, -0.1) is 0 Å². The van der Waals surface area contributed by atoms with Gasteiger partial charge in [-0.2, -0.15) is 0 Å². The van der Waals surface area contributed by atoms with Crippen LogP contribution in [0, 0.1) is 23.3 Å². The van der Waals surface area contributed by atoms with Crippen molar-refractivity contribution in [2.75, 3.05) is 6.54 Å². The topological polar surface area (TPSA) is 12.0 Å². The third-order valence-corrected chi connectivity index (χ3v) is 3.14. The second-order valence-corrected chi connectivity index (χ2v) is 4.71. The van der Waals surface area contributed by atoms with E-state index in [9.17, 15) is 17.6 Å². The van der Waals surface area contributed by atoms with Gasteiger partial charge < -0.3 is 5.32 Å². The fourth-order valence-electron chi connectivity index (χ4n) is 2.01. The average Bonchev–Trinajstić information content (AvgIpc) is 2.47. The van der Waals surface area contributed by atoms with E-state index in [-0.39, 0.29) is 11.1 Å². The minimum atomic E-state index is -1.55. The summed E-state index contributed by atoms with van der Waals surface area (Å²) in [4.78, 5) is 0. The van der Waals surface area contributed by atoms with Crippen LogP contribution in [-0.2, 0) is 6.54 Å². The van der Waals surface area contributed by atoms with Gasteiger partial charge in [0, 0.05) is 17.7 Å². The predicted molar refractivity (Wildman–Crippen MR) is 73.7 cm³/mol. The smallest absolute Gasteiger partial charge is 0.195 e. The van der Waals surface area contributed by atoms with Crippen molar-refractivity contribution in [3.05, 3.63) is 59.2 Å². The first-order valence-electron chi connectivity index (χ1n) is 6.67. The molecule has 0 aliphatic rings. The number of benzene rings is 2. The molecule has 0 amide bonds. The van der Waals surface area contributed by atoms with E-state index in [1.807, 2.05) is 6.92 Å². The fourth-order valence-corrected chi connectivity index (χ4v) is 2.01. The van der Waals surface area contributed by atoms with E-state index in [1.165, 1.54) is 12.1 Å². The molecule has 0 bridgehead atoms. The maximum Gasteiger partial charge on any atom is 0.195 e. The summed E-state index contributed by atoms with van der Waals surface area (Å²) in [6.07, 6.45) is 0.930. The first kappa shape index (κ1) is 15.5. The third kappa shape index (κ3) is 3.42. The Hall–Kier alpha value is -1.88. The molecule has 2 aromatic rings. The Morgan fingerprint density at radius 2 is 1.67 bits per heavy atom. The molecular formula is C16H15F4N. The summed E-state index contributed by atoms with van der Waals surface area (Å²) < 4.78 is 53.7. The summed E-state index contributed by atoms with van der Waals surface area (Å²) in [5.41, 5.74) is 0.444. The Balaban J connectivity index is 2.30. The van der Waals surface area contributed by atoms with Crippen LogP contribution in [-0.4, -0.2) is 6.54 Å². The van der Waals surface area contributed by atoms with Gasteiger partial charge in [-0.3, -0.25) is 0 Å². The zero-order chi connectivity index (χ0) is 15.4. The minimum absolute atomic E-state index is 0.166. The fraction of sp³-hybridized carbons (Fsp3) is 0.250. The van der Waals surface area contributed by atoms with Crippen LogP contribution in [0.4, 0.5) is 17.6 Å². The van der Waals surface area contributed by atoms with Crippen LogP contribution in [0.1, 0.15) is 18.9 Å². The number of hydrogen-bond acceptors (Lipinski definition) is 1. The molecule has 0 aromatic heterocycles. The second-order valence-electron chi connectivity index (χ2n) is 4.71. The first-order chi connectivity index (χ1) is 10.0. The van der Waals surface area contributed by atoms with Crippen molar-refractivity contribution in [1.29, 1.82) is 0 Å². The van der Waals surface area contributed by atoms with Gasteiger partial charge in [-0.1, -0.05) is 19.1 Å². The van der Waals surface area contributed by atoms with Gasteiger partial charge in [0.2, 0.25) is 0 Å². The molecular weight excluding hydrogens is 282 g/mol. The van der Waals surface area contributed by atoms with Crippen LogP contribution in [0.3, 0.4) is 0 Å². The standard InChI is InChI=1S/C16H15F4N/c1-2-7-21-9-11-4-3-10(8-14(11)18)12-5-6-13(17)16(20)15(12)19/h3-6,8,21H,2,7,9H2,1H3. The molecule has 2 rings (SSSR count). The monoisotopic (exact) mass is 297 g/mol. The van der Waals surface area contributed by atoms with Gasteiger partial charge in [-0.25, -0.2) is 17.6 Å². The van der Waals surface area contributed by atoms with Gasteiger partial charge in [0.1, 0.15) is 5.82 Å². The van der Waals surface area contributed by atoms with Crippen molar-refractivity contribution in [3.63, 3.8) is 0 Å². The summed E-state index contributed by atoms with van der Waals surface area (Å²) >= 11 is 0. The van der Waals surface area contributed by atoms with E-state index in [0.717, 1.165) is 31.2 Å². The lowest BCUT2D eigenvalue weighted by atomic mass is 10.0. The van der Waals surface area contributed by atoms with Crippen molar-refractivity contribution >= 4 is 0 Å². The maximum absolute atomic E-state index is 13.9. The molecule has 1 nitrogen and oxygen atoms in total. The number of halogens is 4. The van der Waals surface area contributed by atoms with Crippen LogP contribution in [0.2, 0.25) is 0 Å². The zero-order valence-electron chi connectivity index (χ0n) is 11.5. The summed E-state index contributed by atoms with van der Waals surface area (Å²) in [5, 5.41) is 3.06. The van der Waals surface area contributed by atoms with Crippen molar-refractivity contribution in [2.24, 2.45) is 0 Å². The van der Waals surface area contributed by atoms with E-state index in [1.54, 1.807) is 0 Å². The molecule has 0 unspecified atom stereocenters. The minimum Gasteiger partial charge on any atom is -0.313 e. The van der Waals surface area contributed by atoms with E-state index in [0.29, 0.717) is 12.1 Å². The zero-order valence-corrected chi connectivity index (χ0v) is 11.5. The predicted octanol–water partition coefficient (Wildman–Crippen LogP) is 4.41. The van der Waals surface area contributed by atoms with Crippen LogP contribution in [0.15, 0.2) is 30.3 Å². The molecule has 0 heterocycles. The highest BCUT2D eigenvalue weighted by Gasteiger charge is 2.15. The molecule has 21 heavy (non-hydrogen) atoms. The Morgan fingerprint density at radius 1 is 0.905 bits per heavy atom. The van der Waals surface area contributed by atoms with Crippen LogP contribution >= 0.6 is 0 Å². The molecule has 1 N–H and O–H groups in total. The van der Waals surface area contributed by atoms with Crippen molar-refractivity contribution in [1.82, 2.24) is 5.32 Å². The summed E-state index contributed by atoms with van der Waals surface area (Å²) in [6.45, 7) is 3.12. The molecule has 2 aromatic carbocycles. The summed E-state index contributed by atoms with van der Waals surface area (Å²) in [5.74, 6) is -4.65. The van der Waals surface area contributed by atoms with Crippen LogP contribution in [0.25, 0.3) is 11.1 Å². The van der Waals surface area contributed by atoms with E-state index in [2.05, 4.69) is 5.32 Å². The lowest BCUT2D eigenvalue weighted by molar-refractivity contribution is 0.449. The molecule has 0 aliphatic carbocycles. The van der Waals surface area contributed by atoms with Gasteiger partial charge in [0.15, 0.2) is 17.5 Å². The number of rotatable bonds is 5. The van der Waals surface area contributed by atoms with Gasteiger partial charge in [-0.05, 0) is 36.7 Å². The molecule has 0 radical (unpaired) electrons. The highest BCUT2D eigenvalue weighted by molar-refractivity contribution is 5.64. The molecule has 5 heteroatoms. The Morgan fingerprint density at radius 3 is 2.33 bits per heavy atom. The molecule has 0 spiro atoms.